The maximum absolute atomic E-state index is 14.3. The summed E-state index contributed by atoms with van der Waals surface area (Å²) in [7, 11) is 0. The molecule has 6 heterocycles. The van der Waals surface area contributed by atoms with Gasteiger partial charge in [-0.05, 0) is 32.6 Å². The molecule has 2 bridgehead atoms. The number of nitriles is 1. The lowest BCUT2D eigenvalue weighted by Gasteiger charge is -2.39. The average Bonchev–Trinajstić information content (AvgIpc) is 3.54. The number of hydrogen-bond donors (Lipinski definition) is 1. The van der Waals surface area contributed by atoms with Crippen LogP contribution in [0.15, 0.2) is 18.3 Å². The summed E-state index contributed by atoms with van der Waals surface area (Å²) in [6.07, 6.45) is -0.104. The Kier molecular flexibility index (Phi) is 5.14. The van der Waals surface area contributed by atoms with Gasteiger partial charge in [-0.2, -0.15) is 33.3 Å². The Hall–Kier alpha value is -3.33. The highest BCUT2D eigenvalue weighted by atomic mass is 19.4. The normalized spacial score (nSPS) is 26.9. The van der Waals surface area contributed by atoms with E-state index in [1.807, 2.05) is 11.8 Å². The van der Waals surface area contributed by atoms with Gasteiger partial charge in [-0.1, -0.05) is 0 Å². The molecule has 0 radical (unpaired) electrons. The van der Waals surface area contributed by atoms with Crippen LogP contribution in [0.2, 0.25) is 0 Å². The number of alkyl halides is 3. The molecule has 0 saturated carbocycles. The lowest BCUT2D eigenvalue weighted by molar-refractivity contribution is -0.140. The van der Waals surface area contributed by atoms with Crippen molar-refractivity contribution in [3.8, 4) is 11.9 Å². The number of rotatable bonds is 3. The Bertz CT molecular complexity index is 1260. The predicted molar refractivity (Wildman–Crippen MR) is 121 cm³/mol. The molecule has 0 spiro atoms. The first kappa shape index (κ1) is 22.2. The monoisotopic (exact) mass is 486 g/mol. The van der Waals surface area contributed by atoms with E-state index >= 15 is 0 Å². The van der Waals surface area contributed by atoms with Crippen LogP contribution < -0.4 is 9.80 Å². The standard InChI is InChI=1S/C23H25F3N8O/c1-13-8-14(10-27)5-7-32(13)17-9-19(33-15-2-3-16(33)12-35-11-15)29-22-20(17)21(23(24,25)26)31-34(22)18-4-6-28-30-18/h4,6,9,13-16H,2-3,5,7-8,11-12H2,1H3,(H,28,30)/t13-,14+,15?,16?/m1/s1. The van der Waals surface area contributed by atoms with Crippen molar-refractivity contribution < 1.29 is 17.9 Å². The fourth-order valence-corrected chi connectivity index (χ4v) is 5.83. The van der Waals surface area contributed by atoms with E-state index in [0.717, 1.165) is 12.8 Å². The third-order valence-electron chi connectivity index (χ3n) is 7.46. The zero-order chi connectivity index (χ0) is 24.3. The van der Waals surface area contributed by atoms with E-state index in [9.17, 15) is 18.4 Å². The summed E-state index contributed by atoms with van der Waals surface area (Å²) in [6, 6.07) is 5.84. The van der Waals surface area contributed by atoms with Crippen LogP contribution in [0.5, 0.6) is 0 Å². The minimum Gasteiger partial charge on any atom is -0.377 e. The second-order valence-electron chi connectivity index (χ2n) is 9.62. The molecule has 3 fully saturated rings. The highest BCUT2D eigenvalue weighted by Gasteiger charge is 2.43. The second kappa shape index (κ2) is 8.12. The van der Waals surface area contributed by atoms with E-state index in [1.54, 1.807) is 12.1 Å². The molecule has 6 rings (SSSR count). The average molecular weight is 487 g/mol. The number of piperidine rings is 1. The van der Waals surface area contributed by atoms with E-state index in [2.05, 4.69) is 26.3 Å². The highest BCUT2D eigenvalue weighted by Crippen LogP contribution is 2.44. The molecule has 12 heteroatoms. The highest BCUT2D eigenvalue weighted by molar-refractivity contribution is 5.95. The van der Waals surface area contributed by atoms with Crippen LogP contribution in [-0.4, -0.2) is 62.8 Å². The quantitative estimate of drug-likeness (QED) is 0.603. The molecule has 9 nitrogen and oxygen atoms in total. The van der Waals surface area contributed by atoms with Gasteiger partial charge in [0.2, 0.25) is 0 Å². The molecule has 1 N–H and O–H groups in total. The van der Waals surface area contributed by atoms with Gasteiger partial charge in [-0.25, -0.2) is 4.98 Å². The maximum Gasteiger partial charge on any atom is 0.435 e. The third kappa shape index (κ3) is 3.60. The summed E-state index contributed by atoms with van der Waals surface area (Å²) in [5, 5.41) is 20.0. The number of pyridine rings is 1. The van der Waals surface area contributed by atoms with Crippen LogP contribution in [0.1, 0.15) is 38.3 Å². The number of hydrogen-bond acceptors (Lipinski definition) is 7. The minimum absolute atomic E-state index is 0.0290. The van der Waals surface area contributed by atoms with Crippen LogP contribution in [0.4, 0.5) is 24.7 Å². The Labute approximate surface area is 199 Å². The lowest BCUT2D eigenvalue weighted by Crippen LogP contribution is -2.46. The minimum atomic E-state index is -4.67. The van der Waals surface area contributed by atoms with Crippen molar-refractivity contribution in [2.75, 3.05) is 29.6 Å². The molecule has 184 valence electrons. The smallest absolute Gasteiger partial charge is 0.377 e. The number of H-pyrrole nitrogens is 1. The van der Waals surface area contributed by atoms with Crippen molar-refractivity contribution in [1.29, 1.82) is 5.26 Å². The number of morpholine rings is 1. The van der Waals surface area contributed by atoms with Gasteiger partial charge in [0.1, 0.15) is 5.82 Å². The largest absolute Gasteiger partial charge is 0.435 e. The van der Waals surface area contributed by atoms with Crippen LogP contribution in [0, 0.1) is 17.2 Å². The van der Waals surface area contributed by atoms with Gasteiger partial charge in [-0.15, -0.1) is 0 Å². The SMILES string of the molecule is C[C@@H]1C[C@@H](C#N)CCN1c1cc(N2C3CCC2COC3)nc2c1c(C(F)(F)F)nn2-c1ccn[nH]1. The fraction of sp³-hybridized carbons (Fsp3) is 0.565. The van der Waals surface area contributed by atoms with Crippen molar-refractivity contribution >= 4 is 22.5 Å². The summed E-state index contributed by atoms with van der Waals surface area (Å²) < 4.78 is 49.8. The molecule has 2 unspecified atom stereocenters. The number of aromatic amines is 1. The predicted octanol–water partition coefficient (Wildman–Crippen LogP) is 3.66. The van der Waals surface area contributed by atoms with Crippen molar-refractivity contribution in [3.63, 3.8) is 0 Å². The van der Waals surface area contributed by atoms with Crippen LogP contribution in [0.3, 0.4) is 0 Å². The summed E-state index contributed by atoms with van der Waals surface area (Å²) >= 11 is 0. The van der Waals surface area contributed by atoms with Crippen molar-refractivity contribution in [2.45, 2.75) is 56.9 Å². The van der Waals surface area contributed by atoms with E-state index in [-0.39, 0.29) is 35.1 Å². The Morgan fingerprint density at radius 3 is 2.60 bits per heavy atom. The van der Waals surface area contributed by atoms with Gasteiger partial charge in [0, 0.05) is 30.6 Å². The number of nitrogens with one attached hydrogen (secondary N) is 1. The molecule has 4 atom stereocenters. The van der Waals surface area contributed by atoms with Gasteiger partial charge in [0.25, 0.3) is 0 Å². The summed E-state index contributed by atoms with van der Waals surface area (Å²) in [5.74, 6) is 0.831. The first-order valence-corrected chi connectivity index (χ1v) is 11.9. The van der Waals surface area contributed by atoms with Crippen molar-refractivity contribution in [3.05, 3.63) is 24.0 Å². The molecular formula is C23H25F3N8O. The van der Waals surface area contributed by atoms with E-state index in [0.29, 0.717) is 49.9 Å². The first-order chi connectivity index (χ1) is 16.8. The van der Waals surface area contributed by atoms with E-state index < -0.39 is 11.9 Å². The van der Waals surface area contributed by atoms with Crippen molar-refractivity contribution in [1.82, 2.24) is 25.0 Å². The van der Waals surface area contributed by atoms with Crippen molar-refractivity contribution in [2.24, 2.45) is 5.92 Å². The summed E-state index contributed by atoms with van der Waals surface area (Å²) in [6.45, 7) is 3.59. The first-order valence-electron chi connectivity index (χ1n) is 11.9. The third-order valence-corrected chi connectivity index (χ3v) is 7.46. The maximum atomic E-state index is 14.3. The van der Waals surface area contributed by atoms with Gasteiger partial charge in [0.15, 0.2) is 17.2 Å². The fourth-order valence-electron chi connectivity index (χ4n) is 5.83. The number of aromatic nitrogens is 5. The Morgan fingerprint density at radius 1 is 1.20 bits per heavy atom. The second-order valence-corrected chi connectivity index (χ2v) is 9.62. The zero-order valence-electron chi connectivity index (χ0n) is 19.2. The number of fused-ring (bicyclic) bond motifs is 3. The lowest BCUT2D eigenvalue weighted by atomic mass is 9.92. The topological polar surface area (TPSA) is 98.9 Å². The summed E-state index contributed by atoms with van der Waals surface area (Å²) in [4.78, 5) is 8.97. The summed E-state index contributed by atoms with van der Waals surface area (Å²) in [5.41, 5.74) is -0.386. The molecule has 3 aliphatic heterocycles. The van der Waals surface area contributed by atoms with Crippen LogP contribution >= 0.6 is 0 Å². The number of nitrogens with zero attached hydrogens (tertiary/aromatic N) is 7. The van der Waals surface area contributed by atoms with E-state index in [1.165, 1.54) is 10.9 Å². The van der Waals surface area contributed by atoms with Gasteiger partial charge in [-0.3, -0.25) is 5.10 Å². The molecule has 35 heavy (non-hydrogen) atoms. The molecule has 3 aromatic heterocycles. The molecule has 3 aliphatic rings. The molecular weight excluding hydrogens is 461 g/mol. The molecule has 0 aromatic carbocycles. The van der Waals surface area contributed by atoms with Gasteiger partial charge >= 0.3 is 6.18 Å². The number of ether oxygens (including phenoxy) is 1. The number of halogens is 3. The van der Waals surface area contributed by atoms with Gasteiger partial charge in [0.05, 0.1) is 48.6 Å². The van der Waals surface area contributed by atoms with Crippen LogP contribution in [-0.2, 0) is 10.9 Å². The molecule has 0 amide bonds. The molecule has 3 saturated heterocycles. The Morgan fingerprint density at radius 2 is 1.97 bits per heavy atom. The Balaban J connectivity index is 1.60. The molecule has 3 aromatic rings. The number of anilines is 2. The van der Waals surface area contributed by atoms with Gasteiger partial charge < -0.3 is 14.5 Å². The zero-order valence-corrected chi connectivity index (χ0v) is 19.2. The van der Waals surface area contributed by atoms with Crippen LogP contribution in [0.25, 0.3) is 16.9 Å². The molecule has 0 aliphatic carbocycles. The van der Waals surface area contributed by atoms with E-state index in [4.69, 9.17) is 9.72 Å².